The van der Waals surface area contributed by atoms with Crippen LogP contribution in [0.1, 0.15) is 15.9 Å². The molecule has 1 aliphatic rings. The number of benzene rings is 2. The van der Waals surface area contributed by atoms with Crippen LogP contribution < -0.4 is 20.1 Å². The summed E-state index contributed by atoms with van der Waals surface area (Å²) in [6.45, 7) is 0.611. The molecular weight excluding hydrogens is 366 g/mol. The molecule has 2 aromatic carbocycles. The summed E-state index contributed by atoms with van der Waals surface area (Å²) < 4.78 is 10.6. The molecule has 136 valence electrons. The number of nitrogens with one attached hydrogen (secondary N) is 2. The topological polar surface area (TPSA) is 72.5 Å². The number of rotatable bonds is 5. The van der Waals surface area contributed by atoms with Crippen LogP contribution in [0.5, 0.6) is 11.5 Å². The minimum Gasteiger partial charge on any atom is -0.454 e. The van der Waals surface area contributed by atoms with Crippen molar-refractivity contribution in [3.8, 4) is 11.5 Å². The first-order valence-corrected chi connectivity index (χ1v) is 8.70. The lowest BCUT2D eigenvalue weighted by molar-refractivity contribution is 0.0950. The van der Waals surface area contributed by atoms with Crippen molar-refractivity contribution in [2.24, 2.45) is 0 Å². The number of anilines is 2. The number of nitrogens with zero attached hydrogens (tertiary/aromatic N) is 1. The fraction of sp³-hybridized carbons (Fsp3) is 0.100. The van der Waals surface area contributed by atoms with E-state index >= 15 is 0 Å². The van der Waals surface area contributed by atoms with E-state index in [-0.39, 0.29) is 12.7 Å². The van der Waals surface area contributed by atoms with Crippen LogP contribution in [0.15, 0.2) is 60.8 Å². The maximum atomic E-state index is 12.5. The molecule has 0 aliphatic carbocycles. The smallest absolute Gasteiger partial charge is 0.251 e. The first-order valence-electron chi connectivity index (χ1n) is 8.33. The summed E-state index contributed by atoms with van der Waals surface area (Å²) in [4.78, 5) is 16.7. The molecule has 0 fully saturated rings. The summed E-state index contributed by atoms with van der Waals surface area (Å²) >= 11 is 5.99. The Morgan fingerprint density at radius 2 is 1.96 bits per heavy atom. The van der Waals surface area contributed by atoms with Crippen LogP contribution in [0.3, 0.4) is 0 Å². The van der Waals surface area contributed by atoms with Gasteiger partial charge in [0, 0.05) is 29.0 Å². The summed E-state index contributed by atoms with van der Waals surface area (Å²) in [7, 11) is 0. The molecule has 0 spiro atoms. The number of fused-ring (bicyclic) bond motifs is 1. The van der Waals surface area contributed by atoms with Gasteiger partial charge in [-0.2, -0.15) is 0 Å². The summed E-state index contributed by atoms with van der Waals surface area (Å²) in [5, 5.41) is 6.65. The van der Waals surface area contributed by atoms with Crippen molar-refractivity contribution in [3.05, 3.63) is 76.9 Å². The molecule has 6 nitrogen and oxygen atoms in total. The molecule has 2 N–H and O–H groups in total. The van der Waals surface area contributed by atoms with Crippen molar-refractivity contribution < 1.29 is 14.3 Å². The molecule has 2 heterocycles. The Kier molecular flexibility index (Phi) is 4.80. The quantitative estimate of drug-likeness (QED) is 0.695. The Balaban J connectivity index is 1.41. The largest absolute Gasteiger partial charge is 0.454 e. The average molecular weight is 382 g/mol. The molecule has 27 heavy (non-hydrogen) atoms. The van der Waals surface area contributed by atoms with E-state index in [1.54, 1.807) is 30.5 Å². The number of hydrogen-bond acceptors (Lipinski definition) is 5. The van der Waals surface area contributed by atoms with Crippen molar-refractivity contribution in [2.75, 3.05) is 12.1 Å². The molecule has 0 saturated carbocycles. The van der Waals surface area contributed by atoms with Gasteiger partial charge in [-0.3, -0.25) is 4.79 Å². The molecule has 1 amide bonds. The van der Waals surface area contributed by atoms with Gasteiger partial charge in [-0.25, -0.2) is 4.98 Å². The number of amides is 1. The van der Waals surface area contributed by atoms with Crippen molar-refractivity contribution in [3.63, 3.8) is 0 Å². The summed E-state index contributed by atoms with van der Waals surface area (Å²) in [5.41, 5.74) is 2.24. The van der Waals surface area contributed by atoms with E-state index in [1.807, 2.05) is 30.3 Å². The minimum atomic E-state index is -0.191. The second-order valence-corrected chi connectivity index (χ2v) is 6.37. The van der Waals surface area contributed by atoms with Crippen molar-refractivity contribution in [1.29, 1.82) is 0 Å². The fourth-order valence-corrected chi connectivity index (χ4v) is 2.88. The zero-order valence-electron chi connectivity index (χ0n) is 14.2. The lowest BCUT2D eigenvalue weighted by Crippen LogP contribution is -2.22. The lowest BCUT2D eigenvalue weighted by atomic mass is 10.2. The predicted octanol–water partition coefficient (Wildman–Crippen LogP) is 4.14. The van der Waals surface area contributed by atoms with Crippen molar-refractivity contribution >= 4 is 29.0 Å². The third-order valence-electron chi connectivity index (χ3n) is 4.01. The Hall–Kier alpha value is -3.25. The summed E-state index contributed by atoms with van der Waals surface area (Å²) in [6, 6.07) is 16.2. The number of hydrogen-bond donors (Lipinski definition) is 2. The van der Waals surface area contributed by atoms with Crippen molar-refractivity contribution in [2.45, 2.75) is 6.54 Å². The first-order chi connectivity index (χ1) is 13.2. The van der Waals surface area contributed by atoms with Crippen molar-refractivity contribution in [1.82, 2.24) is 10.3 Å². The van der Waals surface area contributed by atoms with Crippen LogP contribution in [0, 0.1) is 0 Å². The number of pyridine rings is 1. The van der Waals surface area contributed by atoms with Gasteiger partial charge in [-0.15, -0.1) is 0 Å². The van der Waals surface area contributed by atoms with Gasteiger partial charge in [0.15, 0.2) is 11.5 Å². The molecule has 7 heteroatoms. The summed E-state index contributed by atoms with van der Waals surface area (Å²) in [6.07, 6.45) is 1.59. The Bertz CT molecular complexity index is 994. The molecule has 0 radical (unpaired) electrons. The monoisotopic (exact) mass is 381 g/mol. The lowest BCUT2D eigenvalue weighted by Gasteiger charge is -2.09. The zero-order valence-corrected chi connectivity index (χ0v) is 15.0. The van der Waals surface area contributed by atoms with Crippen LogP contribution in [-0.2, 0) is 6.54 Å². The van der Waals surface area contributed by atoms with Gasteiger partial charge >= 0.3 is 0 Å². The third-order valence-corrected chi connectivity index (χ3v) is 4.24. The van der Waals surface area contributed by atoms with E-state index < -0.39 is 0 Å². The van der Waals surface area contributed by atoms with Crippen LogP contribution in [-0.4, -0.2) is 17.7 Å². The second kappa shape index (κ2) is 7.55. The molecule has 1 aromatic heterocycles. The van der Waals surface area contributed by atoms with Gasteiger partial charge in [0.2, 0.25) is 6.79 Å². The Morgan fingerprint density at radius 1 is 1.07 bits per heavy atom. The van der Waals surface area contributed by atoms with E-state index in [1.165, 1.54) is 0 Å². The molecule has 3 aromatic rings. The molecule has 0 unspecified atom stereocenters. The highest BCUT2D eigenvalue weighted by Gasteiger charge is 2.14. The standard InChI is InChI=1S/C20H16ClN3O3/c21-15-2-1-3-16(10-15)24-19-9-14(6-7-22-19)20(25)23-11-13-4-5-17-18(8-13)27-12-26-17/h1-10H,11-12H2,(H,22,24)(H,23,25). The first kappa shape index (κ1) is 17.2. The molecule has 1 aliphatic heterocycles. The Morgan fingerprint density at radius 3 is 2.85 bits per heavy atom. The van der Waals surface area contributed by atoms with Gasteiger partial charge in [0.25, 0.3) is 5.91 Å². The second-order valence-electron chi connectivity index (χ2n) is 5.94. The number of aromatic nitrogens is 1. The SMILES string of the molecule is O=C(NCc1ccc2c(c1)OCO2)c1ccnc(Nc2cccc(Cl)c2)c1. The third kappa shape index (κ3) is 4.12. The number of carbonyl (C=O) groups is 1. The van der Waals surface area contributed by atoms with Crippen LogP contribution in [0.2, 0.25) is 5.02 Å². The van der Waals surface area contributed by atoms with E-state index in [9.17, 15) is 4.79 Å². The predicted molar refractivity (Wildman–Crippen MR) is 103 cm³/mol. The molecule has 4 rings (SSSR count). The number of halogens is 1. The number of carbonyl (C=O) groups excluding carboxylic acids is 1. The zero-order chi connectivity index (χ0) is 18.6. The fourth-order valence-electron chi connectivity index (χ4n) is 2.69. The molecule has 0 atom stereocenters. The highest BCUT2D eigenvalue weighted by atomic mass is 35.5. The van der Waals surface area contributed by atoms with Gasteiger partial charge in [0.1, 0.15) is 5.82 Å². The maximum Gasteiger partial charge on any atom is 0.251 e. The van der Waals surface area contributed by atoms with Crippen LogP contribution >= 0.6 is 11.6 Å². The molecule has 0 saturated heterocycles. The van der Waals surface area contributed by atoms with Gasteiger partial charge < -0.3 is 20.1 Å². The van der Waals surface area contributed by atoms with E-state index in [0.717, 1.165) is 17.0 Å². The highest BCUT2D eigenvalue weighted by Crippen LogP contribution is 2.32. The number of ether oxygens (including phenoxy) is 2. The normalized spacial score (nSPS) is 11.9. The van der Waals surface area contributed by atoms with Crippen LogP contribution in [0.25, 0.3) is 0 Å². The van der Waals surface area contributed by atoms with E-state index in [0.29, 0.717) is 28.7 Å². The molecular formula is C20H16ClN3O3. The Labute approximate surface area is 161 Å². The van der Waals surface area contributed by atoms with Gasteiger partial charge in [-0.1, -0.05) is 23.7 Å². The maximum absolute atomic E-state index is 12.5. The van der Waals surface area contributed by atoms with E-state index in [2.05, 4.69) is 15.6 Å². The van der Waals surface area contributed by atoms with E-state index in [4.69, 9.17) is 21.1 Å². The van der Waals surface area contributed by atoms with Gasteiger partial charge in [0.05, 0.1) is 0 Å². The molecule has 0 bridgehead atoms. The van der Waals surface area contributed by atoms with Gasteiger partial charge in [-0.05, 0) is 48.0 Å². The minimum absolute atomic E-state index is 0.191. The summed E-state index contributed by atoms with van der Waals surface area (Å²) in [5.74, 6) is 1.78. The average Bonchev–Trinajstić information content (AvgIpc) is 3.14. The van der Waals surface area contributed by atoms with Crippen LogP contribution in [0.4, 0.5) is 11.5 Å². The highest BCUT2D eigenvalue weighted by molar-refractivity contribution is 6.30.